The Bertz CT molecular complexity index is 874. The molecule has 1 aromatic heterocycles. The van der Waals surface area contributed by atoms with E-state index in [0.29, 0.717) is 17.6 Å². The molecule has 1 heterocycles. The molecular formula is C14H7F3N2O2. The molecule has 106 valence electrons. The summed E-state index contributed by atoms with van der Waals surface area (Å²) in [6.07, 6.45) is 0. The van der Waals surface area contributed by atoms with Crippen LogP contribution in [0.25, 0.3) is 22.4 Å². The Morgan fingerprint density at radius 2 is 1.81 bits per heavy atom. The molecule has 3 aromatic rings. The average Bonchev–Trinajstić information content (AvgIpc) is 2.86. The molecule has 7 heteroatoms. The van der Waals surface area contributed by atoms with Gasteiger partial charge < -0.3 is 10.1 Å². The smallest absolute Gasteiger partial charge is 0.336 e. The number of carbonyl (C=O) groups is 1. The van der Waals surface area contributed by atoms with E-state index >= 15 is 0 Å². The van der Waals surface area contributed by atoms with Crippen LogP contribution in [0, 0.1) is 17.5 Å². The van der Waals surface area contributed by atoms with E-state index in [9.17, 15) is 18.0 Å². The van der Waals surface area contributed by atoms with Gasteiger partial charge >= 0.3 is 5.97 Å². The number of rotatable bonds is 2. The number of hydrogen-bond acceptors (Lipinski definition) is 2. The van der Waals surface area contributed by atoms with Crippen LogP contribution >= 0.6 is 0 Å². The molecular weight excluding hydrogens is 285 g/mol. The SMILES string of the molecule is O=C(O)c1cc(F)c(F)cc1-c1nc2c(F)cccc2[nH]1. The van der Waals surface area contributed by atoms with Gasteiger partial charge in [-0.1, -0.05) is 6.07 Å². The van der Waals surface area contributed by atoms with E-state index in [1.165, 1.54) is 18.2 Å². The fourth-order valence-corrected chi connectivity index (χ4v) is 2.04. The summed E-state index contributed by atoms with van der Waals surface area (Å²) >= 11 is 0. The maximum Gasteiger partial charge on any atom is 0.336 e. The molecule has 2 aromatic carbocycles. The summed E-state index contributed by atoms with van der Waals surface area (Å²) in [5.74, 6) is -4.58. The summed E-state index contributed by atoms with van der Waals surface area (Å²) in [6, 6.07) is 5.46. The van der Waals surface area contributed by atoms with Gasteiger partial charge in [0, 0.05) is 5.56 Å². The third kappa shape index (κ3) is 2.12. The number of carboxylic acids is 1. The maximum atomic E-state index is 13.6. The van der Waals surface area contributed by atoms with Gasteiger partial charge in [0.25, 0.3) is 0 Å². The molecule has 0 spiro atoms. The van der Waals surface area contributed by atoms with E-state index < -0.39 is 29.0 Å². The topological polar surface area (TPSA) is 66.0 Å². The minimum Gasteiger partial charge on any atom is -0.478 e. The summed E-state index contributed by atoms with van der Waals surface area (Å²) in [6.45, 7) is 0. The lowest BCUT2D eigenvalue weighted by Crippen LogP contribution is -2.03. The normalized spacial score (nSPS) is 11.0. The van der Waals surface area contributed by atoms with Gasteiger partial charge in [0.15, 0.2) is 17.5 Å². The van der Waals surface area contributed by atoms with Crippen LogP contribution in [0.15, 0.2) is 30.3 Å². The fraction of sp³-hybridized carbons (Fsp3) is 0. The third-order valence-corrected chi connectivity index (χ3v) is 3.01. The second-order valence-electron chi connectivity index (χ2n) is 4.34. The average molecular weight is 292 g/mol. The zero-order valence-electron chi connectivity index (χ0n) is 10.3. The largest absolute Gasteiger partial charge is 0.478 e. The summed E-state index contributed by atoms with van der Waals surface area (Å²) in [7, 11) is 0. The van der Waals surface area contributed by atoms with Crippen LogP contribution < -0.4 is 0 Å². The van der Waals surface area contributed by atoms with Crippen LogP contribution in [-0.4, -0.2) is 21.0 Å². The summed E-state index contributed by atoms with van der Waals surface area (Å²) in [5, 5.41) is 9.07. The van der Waals surface area contributed by atoms with Crippen molar-refractivity contribution in [2.45, 2.75) is 0 Å². The van der Waals surface area contributed by atoms with E-state index in [0.717, 1.165) is 0 Å². The Morgan fingerprint density at radius 3 is 2.48 bits per heavy atom. The van der Waals surface area contributed by atoms with Gasteiger partial charge in [0.2, 0.25) is 0 Å². The molecule has 0 bridgehead atoms. The van der Waals surface area contributed by atoms with Gasteiger partial charge in [-0.25, -0.2) is 22.9 Å². The molecule has 0 aliphatic rings. The van der Waals surface area contributed by atoms with Crippen molar-refractivity contribution in [2.75, 3.05) is 0 Å². The summed E-state index contributed by atoms with van der Waals surface area (Å²) in [4.78, 5) is 17.7. The standard InChI is InChI=1S/C14H7F3N2O2/c15-8-2-1-3-11-12(8)19-13(18-11)6-4-9(16)10(17)5-7(6)14(20)21/h1-5H,(H,18,19)(H,20,21). The molecule has 2 N–H and O–H groups in total. The number of carboxylic acid groups (broad SMARTS) is 1. The molecule has 0 unspecified atom stereocenters. The van der Waals surface area contributed by atoms with Crippen molar-refractivity contribution in [3.63, 3.8) is 0 Å². The number of hydrogen-bond donors (Lipinski definition) is 2. The van der Waals surface area contributed by atoms with E-state index in [-0.39, 0.29) is 16.9 Å². The molecule has 0 saturated heterocycles. The van der Waals surface area contributed by atoms with E-state index in [1.807, 2.05) is 0 Å². The highest BCUT2D eigenvalue weighted by molar-refractivity contribution is 5.96. The second kappa shape index (κ2) is 4.62. The number of nitrogens with one attached hydrogen (secondary N) is 1. The van der Waals surface area contributed by atoms with Gasteiger partial charge in [0.1, 0.15) is 11.3 Å². The predicted octanol–water partition coefficient (Wildman–Crippen LogP) is 3.35. The number of halogens is 3. The van der Waals surface area contributed by atoms with Crippen molar-refractivity contribution in [3.8, 4) is 11.4 Å². The Hall–Kier alpha value is -2.83. The second-order valence-corrected chi connectivity index (χ2v) is 4.34. The molecule has 0 amide bonds. The number of aromatic carboxylic acids is 1. The van der Waals surface area contributed by atoms with E-state index in [1.54, 1.807) is 0 Å². The van der Waals surface area contributed by atoms with Crippen molar-refractivity contribution >= 4 is 17.0 Å². The first-order valence-electron chi connectivity index (χ1n) is 5.84. The van der Waals surface area contributed by atoms with Gasteiger partial charge in [0.05, 0.1) is 11.1 Å². The van der Waals surface area contributed by atoms with Gasteiger partial charge in [-0.05, 0) is 24.3 Å². The number of imidazole rings is 1. The Kier molecular flexibility index (Phi) is 2.90. The first-order chi connectivity index (χ1) is 9.97. The lowest BCUT2D eigenvalue weighted by Gasteiger charge is -2.04. The highest BCUT2D eigenvalue weighted by atomic mass is 19.2. The molecule has 0 aliphatic heterocycles. The van der Waals surface area contributed by atoms with Crippen LogP contribution in [0.3, 0.4) is 0 Å². The molecule has 3 rings (SSSR count). The number of H-pyrrole nitrogens is 1. The molecule has 4 nitrogen and oxygen atoms in total. The van der Waals surface area contributed by atoms with Gasteiger partial charge in [-0.15, -0.1) is 0 Å². The first kappa shape index (κ1) is 13.2. The predicted molar refractivity (Wildman–Crippen MR) is 68.4 cm³/mol. The highest BCUT2D eigenvalue weighted by Crippen LogP contribution is 2.27. The number of para-hydroxylation sites is 1. The number of fused-ring (bicyclic) bond motifs is 1. The van der Waals surface area contributed by atoms with Crippen LogP contribution in [0.5, 0.6) is 0 Å². The van der Waals surface area contributed by atoms with Crippen LogP contribution in [0.1, 0.15) is 10.4 Å². The van der Waals surface area contributed by atoms with Gasteiger partial charge in [-0.2, -0.15) is 0 Å². The zero-order valence-corrected chi connectivity index (χ0v) is 10.3. The Balaban J connectivity index is 2.29. The van der Waals surface area contributed by atoms with Gasteiger partial charge in [-0.3, -0.25) is 0 Å². The Labute approximate surface area is 115 Å². The maximum absolute atomic E-state index is 13.6. The van der Waals surface area contributed by atoms with Crippen LogP contribution in [0.4, 0.5) is 13.2 Å². The number of aromatic nitrogens is 2. The lowest BCUT2D eigenvalue weighted by atomic mass is 10.1. The first-order valence-corrected chi connectivity index (χ1v) is 5.84. The summed E-state index contributed by atoms with van der Waals surface area (Å²) in [5.41, 5.74) is -0.301. The Morgan fingerprint density at radius 1 is 1.10 bits per heavy atom. The molecule has 0 radical (unpaired) electrons. The van der Waals surface area contributed by atoms with E-state index in [2.05, 4.69) is 9.97 Å². The van der Waals surface area contributed by atoms with Crippen molar-refractivity contribution in [3.05, 3.63) is 53.3 Å². The molecule has 0 atom stereocenters. The summed E-state index contributed by atoms with van der Waals surface area (Å²) < 4.78 is 40.1. The van der Waals surface area contributed by atoms with Crippen molar-refractivity contribution in [1.29, 1.82) is 0 Å². The highest BCUT2D eigenvalue weighted by Gasteiger charge is 2.19. The third-order valence-electron chi connectivity index (χ3n) is 3.01. The zero-order chi connectivity index (χ0) is 15.1. The lowest BCUT2D eigenvalue weighted by molar-refractivity contribution is 0.0697. The van der Waals surface area contributed by atoms with Crippen molar-refractivity contribution in [2.24, 2.45) is 0 Å². The fourth-order valence-electron chi connectivity index (χ4n) is 2.04. The van der Waals surface area contributed by atoms with Crippen LogP contribution in [0.2, 0.25) is 0 Å². The monoisotopic (exact) mass is 292 g/mol. The molecule has 0 saturated carbocycles. The molecule has 0 fully saturated rings. The minimum absolute atomic E-state index is 0.00595. The minimum atomic E-state index is -1.44. The number of benzene rings is 2. The van der Waals surface area contributed by atoms with Crippen molar-refractivity contribution < 1.29 is 23.1 Å². The number of nitrogens with zero attached hydrogens (tertiary/aromatic N) is 1. The molecule has 0 aliphatic carbocycles. The quantitative estimate of drug-likeness (QED) is 0.761. The van der Waals surface area contributed by atoms with Crippen LogP contribution in [-0.2, 0) is 0 Å². The molecule has 21 heavy (non-hydrogen) atoms. The number of aromatic amines is 1. The van der Waals surface area contributed by atoms with Crippen molar-refractivity contribution in [1.82, 2.24) is 9.97 Å². The van der Waals surface area contributed by atoms with E-state index in [4.69, 9.17) is 5.11 Å².